The Hall–Kier alpha value is -2.89. The van der Waals surface area contributed by atoms with Gasteiger partial charge in [0, 0.05) is 11.6 Å². The number of ether oxygens (including phenoxy) is 1. The van der Waals surface area contributed by atoms with Gasteiger partial charge in [0.1, 0.15) is 5.82 Å². The topological polar surface area (TPSA) is 86.7 Å². The van der Waals surface area contributed by atoms with E-state index in [4.69, 9.17) is 10.5 Å². The maximum atomic E-state index is 11.8. The highest BCUT2D eigenvalue weighted by atomic mass is 16.5. The van der Waals surface area contributed by atoms with Crippen LogP contribution in [0.4, 0.5) is 5.82 Å². The van der Waals surface area contributed by atoms with Gasteiger partial charge in [-0.05, 0) is 24.6 Å². The lowest BCUT2D eigenvalue weighted by Gasteiger charge is -2.05. The second-order valence-corrected chi connectivity index (χ2v) is 4.43. The van der Waals surface area contributed by atoms with Crippen LogP contribution in [-0.2, 0) is 4.74 Å². The van der Waals surface area contributed by atoms with Gasteiger partial charge in [0.2, 0.25) is 0 Å². The number of hydrogen-bond donors (Lipinski definition) is 1. The summed E-state index contributed by atoms with van der Waals surface area (Å²) in [4.78, 5) is 23.5. The van der Waals surface area contributed by atoms with Crippen LogP contribution in [0.3, 0.4) is 0 Å². The first kappa shape index (κ1) is 14.5. The van der Waals surface area contributed by atoms with Crippen molar-refractivity contribution in [1.82, 2.24) is 4.68 Å². The molecule has 0 unspecified atom stereocenters. The molecule has 2 rings (SSSR count). The summed E-state index contributed by atoms with van der Waals surface area (Å²) in [6.45, 7) is 1.78. The van der Waals surface area contributed by atoms with Crippen molar-refractivity contribution in [1.29, 1.82) is 0 Å². The molecule has 2 aromatic rings. The molecule has 0 amide bonds. The Morgan fingerprint density at radius 3 is 2.71 bits per heavy atom. The monoisotopic (exact) mass is 285 g/mol. The Balaban J connectivity index is 2.44. The van der Waals surface area contributed by atoms with E-state index in [1.165, 1.54) is 19.4 Å². The molecule has 0 fully saturated rings. The zero-order chi connectivity index (χ0) is 15.4. The molecule has 0 spiro atoms. The third-order valence-corrected chi connectivity index (χ3v) is 2.86. The van der Waals surface area contributed by atoms with Crippen molar-refractivity contribution in [2.45, 2.75) is 6.92 Å². The first-order chi connectivity index (χ1) is 10.0. The Bertz CT molecular complexity index is 763. The van der Waals surface area contributed by atoms with Gasteiger partial charge in [-0.3, -0.25) is 4.79 Å². The van der Waals surface area contributed by atoms with E-state index in [-0.39, 0.29) is 11.4 Å². The van der Waals surface area contributed by atoms with Crippen molar-refractivity contribution >= 4 is 18.0 Å². The average molecular weight is 285 g/mol. The van der Waals surface area contributed by atoms with Crippen molar-refractivity contribution in [2.75, 3.05) is 12.8 Å². The van der Waals surface area contributed by atoms with Gasteiger partial charge in [-0.15, -0.1) is 0 Å². The molecule has 0 aliphatic heterocycles. The number of rotatable bonds is 3. The molecule has 1 heterocycles. The van der Waals surface area contributed by atoms with E-state index < -0.39 is 5.97 Å². The molecule has 0 atom stereocenters. The van der Waals surface area contributed by atoms with E-state index in [9.17, 15) is 9.59 Å². The van der Waals surface area contributed by atoms with Crippen LogP contribution in [0.2, 0.25) is 0 Å². The fraction of sp³-hybridized carbons (Fsp3) is 0.133. The minimum Gasteiger partial charge on any atom is -0.465 e. The maximum Gasteiger partial charge on any atom is 0.338 e. The molecule has 1 aromatic heterocycles. The summed E-state index contributed by atoms with van der Waals surface area (Å²) in [6, 6.07) is 9.87. The lowest BCUT2D eigenvalue weighted by atomic mass is 10.1. The molecule has 0 radical (unpaired) electrons. The lowest BCUT2D eigenvalue weighted by Crippen LogP contribution is -2.19. The van der Waals surface area contributed by atoms with Gasteiger partial charge in [0.05, 0.1) is 18.9 Å². The van der Waals surface area contributed by atoms with Crippen LogP contribution in [0.1, 0.15) is 21.5 Å². The zero-order valence-electron chi connectivity index (χ0n) is 11.7. The first-order valence-electron chi connectivity index (χ1n) is 6.24. The minimum atomic E-state index is -0.471. The third kappa shape index (κ3) is 3.17. The second-order valence-electron chi connectivity index (χ2n) is 4.43. The van der Waals surface area contributed by atoms with Gasteiger partial charge >= 0.3 is 5.97 Å². The van der Waals surface area contributed by atoms with E-state index in [2.05, 4.69) is 5.10 Å². The van der Waals surface area contributed by atoms with Crippen molar-refractivity contribution in [2.24, 2.45) is 5.10 Å². The number of nitrogens with two attached hydrogens (primary N) is 1. The number of methoxy groups -OCH3 is 1. The number of aryl methyl sites for hydroxylation is 1. The van der Waals surface area contributed by atoms with E-state index in [0.717, 1.165) is 10.2 Å². The van der Waals surface area contributed by atoms with Crippen LogP contribution in [-0.4, -0.2) is 24.0 Å². The second kappa shape index (κ2) is 6.04. The van der Waals surface area contributed by atoms with Gasteiger partial charge in [-0.25, -0.2) is 4.79 Å². The summed E-state index contributed by atoms with van der Waals surface area (Å²) in [7, 11) is 1.30. The van der Waals surface area contributed by atoms with Gasteiger partial charge in [0.15, 0.2) is 0 Å². The van der Waals surface area contributed by atoms with Crippen LogP contribution < -0.4 is 11.3 Å². The van der Waals surface area contributed by atoms with Crippen molar-refractivity contribution in [3.63, 3.8) is 0 Å². The average Bonchev–Trinajstić information content (AvgIpc) is 2.45. The maximum absolute atomic E-state index is 11.8. The Labute approximate surface area is 121 Å². The normalized spacial score (nSPS) is 10.8. The summed E-state index contributed by atoms with van der Waals surface area (Å²) in [6.07, 6.45) is 1.40. The minimum absolute atomic E-state index is 0.229. The van der Waals surface area contributed by atoms with Gasteiger partial charge < -0.3 is 10.5 Å². The van der Waals surface area contributed by atoms with E-state index in [1.54, 1.807) is 37.3 Å². The van der Waals surface area contributed by atoms with Crippen molar-refractivity contribution < 1.29 is 9.53 Å². The number of nitrogens with zero attached hydrogens (tertiary/aromatic N) is 2. The van der Waals surface area contributed by atoms with Crippen molar-refractivity contribution in [3.8, 4) is 0 Å². The highest BCUT2D eigenvalue weighted by molar-refractivity contribution is 5.99. The Morgan fingerprint density at radius 1 is 1.33 bits per heavy atom. The molecule has 1 aromatic carbocycles. The fourth-order valence-electron chi connectivity index (χ4n) is 1.87. The van der Waals surface area contributed by atoms with Gasteiger partial charge in [-0.1, -0.05) is 18.2 Å². The largest absolute Gasteiger partial charge is 0.465 e. The molecule has 108 valence electrons. The van der Waals surface area contributed by atoms with Crippen LogP contribution in [0.25, 0.3) is 0 Å². The Morgan fingerprint density at radius 2 is 2.05 bits per heavy atom. The molecular weight excluding hydrogens is 270 g/mol. The highest BCUT2D eigenvalue weighted by Crippen LogP contribution is 2.08. The number of anilines is 1. The molecule has 0 saturated heterocycles. The fourth-order valence-corrected chi connectivity index (χ4v) is 1.87. The molecule has 6 nitrogen and oxygen atoms in total. The molecule has 0 bridgehead atoms. The summed E-state index contributed by atoms with van der Waals surface area (Å²) in [5.41, 5.74) is 7.10. The van der Waals surface area contributed by atoms with Crippen LogP contribution >= 0.6 is 0 Å². The van der Waals surface area contributed by atoms with Gasteiger partial charge in [0.25, 0.3) is 5.56 Å². The highest BCUT2D eigenvalue weighted by Gasteiger charge is 2.09. The first-order valence-corrected chi connectivity index (χ1v) is 6.24. The van der Waals surface area contributed by atoms with Crippen LogP contribution in [0.5, 0.6) is 0 Å². The summed E-state index contributed by atoms with van der Waals surface area (Å²) >= 11 is 0. The molecule has 21 heavy (non-hydrogen) atoms. The molecule has 0 aliphatic carbocycles. The molecule has 6 heteroatoms. The van der Waals surface area contributed by atoms with Gasteiger partial charge in [-0.2, -0.15) is 9.78 Å². The lowest BCUT2D eigenvalue weighted by molar-refractivity contribution is 0.0600. The van der Waals surface area contributed by atoms with Crippen LogP contribution in [0.15, 0.2) is 46.3 Å². The standard InChI is InChI=1S/C15H15N3O3/c1-10-7-13(16)18(14(19)8-10)17-9-11-5-3-4-6-12(11)15(20)21-2/h3-9H,16H2,1-2H3/b17-9-. The van der Waals surface area contributed by atoms with E-state index in [0.29, 0.717) is 11.1 Å². The van der Waals surface area contributed by atoms with Crippen molar-refractivity contribution in [3.05, 3.63) is 63.4 Å². The number of hydrogen-bond acceptors (Lipinski definition) is 5. The molecule has 0 saturated carbocycles. The zero-order valence-corrected chi connectivity index (χ0v) is 11.7. The number of nitrogen functional groups attached to an aromatic ring is 1. The summed E-state index contributed by atoms with van der Waals surface area (Å²) in [5.74, 6) is -0.243. The summed E-state index contributed by atoms with van der Waals surface area (Å²) < 4.78 is 5.77. The molecular formula is C15H15N3O3. The number of pyridine rings is 1. The number of benzene rings is 1. The number of esters is 1. The smallest absolute Gasteiger partial charge is 0.338 e. The Kier molecular flexibility index (Phi) is 4.18. The predicted molar refractivity (Wildman–Crippen MR) is 80.6 cm³/mol. The quantitative estimate of drug-likeness (QED) is 0.682. The summed E-state index contributed by atoms with van der Waals surface area (Å²) in [5, 5.41) is 4.04. The van der Waals surface area contributed by atoms with E-state index >= 15 is 0 Å². The van der Waals surface area contributed by atoms with Crippen LogP contribution in [0, 0.1) is 6.92 Å². The number of carbonyl (C=O) groups is 1. The molecule has 2 N–H and O–H groups in total. The molecule has 0 aliphatic rings. The number of aromatic nitrogens is 1. The predicted octanol–water partition coefficient (Wildman–Crippen LogP) is 1.41. The van der Waals surface area contributed by atoms with E-state index in [1.807, 2.05) is 0 Å². The number of carbonyl (C=O) groups excluding carboxylic acids is 1. The third-order valence-electron chi connectivity index (χ3n) is 2.86. The SMILES string of the molecule is COC(=O)c1ccccc1/C=N\n1c(N)cc(C)cc1=O.